The number of rotatable bonds is 5. The van der Waals surface area contributed by atoms with E-state index in [9.17, 15) is 14.9 Å². The molecule has 0 saturated carbocycles. The van der Waals surface area contributed by atoms with Gasteiger partial charge in [-0.2, -0.15) is 0 Å². The molecule has 21 heavy (non-hydrogen) atoms. The van der Waals surface area contributed by atoms with Gasteiger partial charge in [-0.1, -0.05) is 30.3 Å². The molecule has 0 heterocycles. The van der Waals surface area contributed by atoms with Gasteiger partial charge in [0.1, 0.15) is 0 Å². The maximum atomic E-state index is 11.5. The second-order valence-corrected chi connectivity index (χ2v) is 3.91. The number of nitrogens with one attached hydrogen (secondary N) is 1. The molecule has 2 aromatic rings. The van der Waals surface area contributed by atoms with Crippen molar-refractivity contribution < 1.29 is 9.72 Å². The zero-order valence-electron chi connectivity index (χ0n) is 10.8. The number of hydrogen-bond acceptors (Lipinski definition) is 4. The number of non-ortho nitro benzene ring substituents is 1. The van der Waals surface area contributed by atoms with Crippen molar-refractivity contribution in [2.45, 2.75) is 0 Å². The number of benzene rings is 2. The lowest BCUT2D eigenvalue weighted by Gasteiger charge is -2.07. The number of para-hydroxylation sites is 1. The van der Waals surface area contributed by atoms with Crippen LogP contribution in [0.1, 0.15) is 0 Å². The van der Waals surface area contributed by atoms with E-state index in [0.717, 1.165) is 0 Å². The molecule has 0 radical (unpaired) electrons. The Morgan fingerprint density at radius 3 is 2.43 bits per heavy atom. The van der Waals surface area contributed by atoms with E-state index < -0.39 is 10.8 Å². The summed E-state index contributed by atoms with van der Waals surface area (Å²) in [6.07, 6.45) is 2.19. The Morgan fingerprint density at radius 1 is 1.14 bits per heavy atom. The molecule has 0 bridgehead atoms. The lowest BCUT2D eigenvalue weighted by Crippen LogP contribution is -2.12. The maximum absolute atomic E-state index is 11.5. The van der Waals surface area contributed by atoms with E-state index in [1.165, 1.54) is 24.3 Å². The molecule has 0 unspecified atom stereocenters. The van der Waals surface area contributed by atoms with Crippen LogP contribution in [-0.4, -0.2) is 17.0 Å². The molecule has 0 aliphatic carbocycles. The van der Waals surface area contributed by atoms with Gasteiger partial charge < -0.3 is 5.43 Å². The van der Waals surface area contributed by atoms with Crippen LogP contribution in [0.15, 0.2) is 59.7 Å². The van der Waals surface area contributed by atoms with Gasteiger partial charge >= 0.3 is 12.1 Å². The molecule has 7 nitrogen and oxygen atoms in total. The minimum atomic E-state index is -0.535. The van der Waals surface area contributed by atoms with E-state index in [1.54, 1.807) is 24.3 Å². The number of anilines is 1. The van der Waals surface area contributed by atoms with Crippen molar-refractivity contribution >= 4 is 29.2 Å². The van der Waals surface area contributed by atoms with Crippen LogP contribution < -0.4 is 5.32 Å². The lowest BCUT2D eigenvalue weighted by atomic mass is 10.3. The van der Waals surface area contributed by atoms with Crippen molar-refractivity contribution in [3.63, 3.8) is 0 Å². The number of hydrogen-bond donors (Lipinski definition) is 1. The zero-order chi connectivity index (χ0) is 15.1. The first-order chi connectivity index (χ1) is 10.1. The summed E-state index contributed by atoms with van der Waals surface area (Å²) in [5.41, 5.74) is 4.70. The van der Waals surface area contributed by atoms with E-state index >= 15 is 0 Å². The van der Waals surface area contributed by atoms with Gasteiger partial charge in [-0.15, -0.1) is 10.8 Å². The van der Waals surface area contributed by atoms with Crippen LogP contribution in [-0.2, 0) is 4.79 Å². The molecular weight excluding hydrogens is 272 g/mol. The molecule has 2 aromatic carbocycles. The van der Waals surface area contributed by atoms with E-state index in [2.05, 4.69) is 22.1 Å². The van der Waals surface area contributed by atoms with Crippen molar-refractivity contribution in [1.82, 2.24) is 0 Å². The molecule has 0 aromatic heterocycles. The van der Waals surface area contributed by atoms with Gasteiger partial charge in [0.2, 0.25) is 0 Å². The third-order valence-corrected chi connectivity index (χ3v) is 2.41. The first-order valence-electron chi connectivity index (χ1n) is 5.92. The second-order valence-electron chi connectivity index (χ2n) is 3.91. The van der Waals surface area contributed by atoms with E-state index in [4.69, 9.17) is 0 Å². The van der Waals surface area contributed by atoms with Crippen LogP contribution in [0.5, 0.6) is 0 Å². The number of amides is 1. The Balaban J connectivity index is 1.87. The summed E-state index contributed by atoms with van der Waals surface area (Å²) in [7, 11) is 0. The SMILES string of the molecule is O=C([C+]=N[N-]c1ccc([N+](=O)[O-])cc1)Nc1ccccc1. The predicted molar refractivity (Wildman–Crippen MR) is 78.6 cm³/mol. The average molecular weight is 282 g/mol. The van der Waals surface area contributed by atoms with Gasteiger partial charge in [0.25, 0.3) is 5.69 Å². The first-order valence-corrected chi connectivity index (χ1v) is 5.92. The van der Waals surface area contributed by atoms with Gasteiger partial charge in [0.05, 0.1) is 4.92 Å². The normalized spacial score (nSPS) is 9.90. The number of carbonyl (C=O) groups is 1. The smallest absolute Gasteiger partial charge is 0.521 e. The van der Waals surface area contributed by atoms with Crippen LogP contribution in [0, 0.1) is 10.1 Å². The molecule has 0 fully saturated rings. The Kier molecular flexibility index (Phi) is 4.53. The standard InChI is InChI=1S/C14H10N4O3/c19-14(16-11-4-2-1-3-5-11)10-15-17-12-6-8-13(9-7-12)18(20)21/h1-9H,(H-,16,17,19). The van der Waals surface area contributed by atoms with E-state index in [-0.39, 0.29) is 5.69 Å². The van der Waals surface area contributed by atoms with Crippen LogP contribution >= 0.6 is 0 Å². The van der Waals surface area contributed by atoms with Crippen LogP contribution in [0.3, 0.4) is 0 Å². The maximum Gasteiger partial charge on any atom is 0.521 e. The number of nitrogens with zero attached hydrogens (tertiary/aromatic N) is 3. The molecule has 1 amide bonds. The molecular formula is C14H10N4O3. The summed E-state index contributed by atoms with van der Waals surface area (Å²) < 4.78 is 0. The summed E-state index contributed by atoms with van der Waals surface area (Å²) in [5.74, 6) is -0.535. The molecule has 7 heteroatoms. The number of carbonyl (C=O) groups excluding carboxylic acids is 1. The fraction of sp³-hybridized carbons (Fsp3) is 0. The fourth-order valence-corrected chi connectivity index (χ4v) is 1.45. The lowest BCUT2D eigenvalue weighted by molar-refractivity contribution is -0.384. The van der Waals surface area contributed by atoms with Gasteiger partial charge in [0.15, 0.2) is 0 Å². The first kappa shape index (κ1) is 14.1. The van der Waals surface area contributed by atoms with Crippen LogP contribution in [0.25, 0.3) is 5.43 Å². The molecule has 0 saturated heterocycles. The van der Waals surface area contributed by atoms with Crippen molar-refractivity contribution in [1.29, 1.82) is 0 Å². The van der Waals surface area contributed by atoms with Crippen molar-refractivity contribution in [2.24, 2.45) is 5.10 Å². The highest BCUT2D eigenvalue weighted by molar-refractivity contribution is 6.31. The Morgan fingerprint density at radius 2 is 1.81 bits per heavy atom. The highest BCUT2D eigenvalue weighted by Crippen LogP contribution is 2.21. The van der Waals surface area contributed by atoms with Crippen LogP contribution in [0.4, 0.5) is 17.1 Å². The van der Waals surface area contributed by atoms with Gasteiger partial charge in [-0.3, -0.25) is 15.4 Å². The minimum absolute atomic E-state index is 0.0382. The van der Waals surface area contributed by atoms with Gasteiger partial charge in [-0.05, 0) is 12.1 Å². The summed E-state index contributed by atoms with van der Waals surface area (Å²) >= 11 is 0. The Bertz CT molecular complexity index is 654. The summed E-state index contributed by atoms with van der Waals surface area (Å²) in [4.78, 5) is 21.4. The molecule has 0 spiro atoms. The molecule has 0 atom stereocenters. The number of nitro groups is 1. The van der Waals surface area contributed by atoms with Crippen molar-refractivity contribution in [3.05, 3.63) is 70.1 Å². The molecule has 1 N–H and O–H groups in total. The van der Waals surface area contributed by atoms with Crippen LogP contribution in [0.2, 0.25) is 0 Å². The quantitative estimate of drug-likeness (QED) is 0.394. The largest absolute Gasteiger partial charge is 0.525 e. The van der Waals surface area contributed by atoms with E-state index in [1.807, 2.05) is 6.07 Å². The topological polar surface area (TPSA) is 98.7 Å². The summed E-state index contributed by atoms with van der Waals surface area (Å²) in [6.45, 7) is 0. The highest BCUT2D eigenvalue weighted by atomic mass is 16.6. The Labute approximate surface area is 120 Å². The third-order valence-electron chi connectivity index (χ3n) is 2.41. The highest BCUT2D eigenvalue weighted by Gasteiger charge is 2.11. The summed E-state index contributed by atoms with van der Waals surface area (Å²) in [5, 5.41) is 16.5. The van der Waals surface area contributed by atoms with E-state index in [0.29, 0.717) is 11.4 Å². The second kappa shape index (κ2) is 6.74. The van der Waals surface area contributed by atoms with Gasteiger partial charge in [-0.25, -0.2) is 4.79 Å². The summed E-state index contributed by atoms with van der Waals surface area (Å²) in [6, 6.07) is 14.3. The average Bonchev–Trinajstić information content (AvgIpc) is 2.49. The minimum Gasteiger partial charge on any atom is -0.525 e. The van der Waals surface area contributed by atoms with Crippen molar-refractivity contribution in [2.75, 3.05) is 5.32 Å². The molecule has 2 rings (SSSR count). The fourth-order valence-electron chi connectivity index (χ4n) is 1.45. The zero-order valence-corrected chi connectivity index (χ0v) is 10.8. The predicted octanol–water partition coefficient (Wildman–Crippen LogP) is 3.10. The third kappa shape index (κ3) is 4.38. The Hall–Kier alpha value is -3.31. The molecule has 0 aliphatic heterocycles. The monoisotopic (exact) mass is 282 g/mol. The molecule has 0 aliphatic rings. The van der Waals surface area contributed by atoms with Crippen molar-refractivity contribution in [3.8, 4) is 0 Å². The number of nitro benzene ring substituents is 1. The molecule has 104 valence electrons. The van der Waals surface area contributed by atoms with Gasteiger partial charge in [0, 0.05) is 17.8 Å².